The average Bonchev–Trinajstić information content (AvgIpc) is 3.02. The van der Waals surface area contributed by atoms with Gasteiger partial charge in [0.15, 0.2) is 0 Å². The van der Waals surface area contributed by atoms with E-state index in [4.69, 9.17) is 0 Å². The first-order valence-corrected chi connectivity index (χ1v) is 9.72. The Morgan fingerprint density at radius 1 is 0.852 bits per heavy atom. The summed E-state index contributed by atoms with van der Waals surface area (Å²) in [5.41, 5.74) is 2.31. The molecule has 3 aromatic rings. The second-order valence-electron chi connectivity index (χ2n) is 6.40. The number of benzene rings is 3. The summed E-state index contributed by atoms with van der Waals surface area (Å²) in [4.78, 5) is -0.279. The van der Waals surface area contributed by atoms with Crippen molar-refractivity contribution in [3.05, 3.63) is 83.4 Å². The largest absolute Gasteiger partial charge is 0.508 e. The van der Waals surface area contributed by atoms with Gasteiger partial charge >= 0.3 is 0 Å². The van der Waals surface area contributed by atoms with E-state index in [-0.39, 0.29) is 22.9 Å². The molecule has 3 aromatic carbocycles. The van der Waals surface area contributed by atoms with Crippen LogP contribution in [-0.4, -0.2) is 28.0 Å². The minimum atomic E-state index is -4.07. The van der Waals surface area contributed by atoms with Crippen LogP contribution in [0.15, 0.2) is 71.6 Å². The lowest BCUT2D eigenvalue weighted by Crippen LogP contribution is -2.30. The SMILES string of the molecule is O=S(=O)(c1ccc(O)cc1O)N1Cc2ccccc2C1c1cccc(O)c1. The number of hydrogen-bond acceptors (Lipinski definition) is 5. The summed E-state index contributed by atoms with van der Waals surface area (Å²) in [6.07, 6.45) is 0. The zero-order valence-electron chi connectivity index (χ0n) is 14.1. The molecule has 0 spiro atoms. The Balaban J connectivity index is 1.88. The average molecular weight is 383 g/mol. The quantitative estimate of drug-likeness (QED) is 0.646. The molecule has 1 atom stereocenters. The highest BCUT2D eigenvalue weighted by molar-refractivity contribution is 7.89. The van der Waals surface area contributed by atoms with Crippen LogP contribution in [0.25, 0.3) is 0 Å². The molecule has 0 saturated carbocycles. The lowest BCUT2D eigenvalue weighted by atomic mass is 9.98. The number of phenols is 3. The Bertz CT molecular complexity index is 1130. The van der Waals surface area contributed by atoms with Crippen LogP contribution in [0.5, 0.6) is 17.2 Å². The predicted molar refractivity (Wildman–Crippen MR) is 98.9 cm³/mol. The van der Waals surface area contributed by atoms with E-state index in [1.165, 1.54) is 28.6 Å². The molecule has 0 bridgehead atoms. The van der Waals surface area contributed by atoms with E-state index in [9.17, 15) is 23.7 Å². The normalized spacial score (nSPS) is 17.0. The van der Waals surface area contributed by atoms with Crippen molar-refractivity contribution in [1.29, 1.82) is 0 Å². The number of aromatic hydroxyl groups is 3. The van der Waals surface area contributed by atoms with E-state index in [2.05, 4.69) is 0 Å². The molecule has 3 N–H and O–H groups in total. The first kappa shape index (κ1) is 17.4. The van der Waals surface area contributed by atoms with Crippen LogP contribution in [0, 0.1) is 0 Å². The molecule has 1 aliphatic rings. The van der Waals surface area contributed by atoms with Crippen molar-refractivity contribution in [1.82, 2.24) is 4.31 Å². The minimum absolute atomic E-state index is 0.0432. The molecule has 7 heteroatoms. The van der Waals surface area contributed by atoms with Crippen LogP contribution in [0.3, 0.4) is 0 Å². The number of nitrogens with zero attached hydrogens (tertiary/aromatic N) is 1. The van der Waals surface area contributed by atoms with Gasteiger partial charge in [0.05, 0.1) is 6.04 Å². The fraction of sp³-hybridized carbons (Fsp3) is 0.100. The Labute approximate surface area is 156 Å². The third kappa shape index (κ3) is 2.90. The van der Waals surface area contributed by atoms with Crippen LogP contribution in [0.1, 0.15) is 22.7 Å². The van der Waals surface area contributed by atoms with Crippen LogP contribution < -0.4 is 0 Å². The first-order chi connectivity index (χ1) is 12.9. The molecule has 6 nitrogen and oxygen atoms in total. The molecular formula is C20H17NO5S. The molecule has 0 fully saturated rings. The van der Waals surface area contributed by atoms with Crippen molar-refractivity contribution in [2.24, 2.45) is 0 Å². The van der Waals surface area contributed by atoms with Crippen molar-refractivity contribution in [3.63, 3.8) is 0 Å². The molecule has 1 heterocycles. The molecule has 0 aromatic heterocycles. The van der Waals surface area contributed by atoms with Crippen LogP contribution in [0.2, 0.25) is 0 Å². The third-order valence-electron chi connectivity index (χ3n) is 4.68. The topological polar surface area (TPSA) is 98.1 Å². The lowest BCUT2D eigenvalue weighted by Gasteiger charge is -2.25. The number of rotatable bonds is 3. The zero-order chi connectivity index (χ0) is 19.2. The monoisotopic (exact) mass is 383 g/mol. The second kappa shape index (κ2) is 6.29. The standard InChI is InChI=1S/C20H17NO5S/c22-15-6-3-5-13(10-15)20-17-7-2-1-4-14(17)12-21(20)27(25,26)19-9-8-16(23)11-18(19)24/h1-11,20,22-24H,12H2. The lowest BCUT2D eigenvalue weighted by molar-refractivity contribution is 0.380. The number of phenolic OH excluding ortho intramolecular Hbond substituents is 3. The maximum Gasteiger partial charge on any atom is 0.247 e. The summed E-state index contributed by atoms with van der Waals surface area (Å²) in [6.45, 7) is 0.138. The highest BCUT2D eigenvalue weighted by atomic mass is 32.2. The van der Waals surface area contributed by atoms with Gasteiger partial charge in [0.1, 0.15) is 22.1 Å². The van der Waals surface area contributed by atoms with Crippen molar-refractivity contribution in [3.8, 4) is 17.2 Å². The van der Waals surface area contributed by atoms with Gasteiger partial charge in [-0.05, 0) is 41.0 Å². The van der Waals surface area contributed by atoms with E-state index in [1.54, 1.807) is 12.1 Å². The van der Waals surface area contributed by atoms with Crippen LogP contribution in [-0.2, 0) is 16.6 Å². The molecule has 0 radical (unpaired) electrons. The third-order valence-corrected chi connectivity index (χ3v) is 6.54. The van der Waals surface area contributed by atoms with Crippen molar-refractivity contribution in [2.45, 2.75) is 17.5 Å². The highest BCUT2D eigenvalue weighted by Gasteiger charge is 2.40. The number of hydrogen-bond donors (Lipinski definition) is 3. The second-order valence-corrected chi connectivity index (χ2v) is 8.26. The predicted octanol–water partition coefficient (Wildman–Crippen LogP) is 3.10. The summed E-state index contributed by atoms with van der Waals surface area (Å²) in [5, 5.41) is 29.4. The van der Waals surface area contributed by atoms with E-state index in [1.807, 2.05) is 24.3 Å². The maximum absolute atomic E-state index is 13.3. The maximum atomic E-state index is 13.3. The summed E-state index contributed by atoms with van der Waals surface area (Å²) in [7, 11) is -4.07. The summed E-state index contributed by atoms with van der Waals surface area (Å²) < 4.78 is 27.9. The van der Waals surface area contributed by atoms with Crippen LogP contribution >= 0.6 is 0 Å². The summed E-state index contributed by atoms with van der Waals surface area (Å²) in [5.74, 6) is -0.692. The summed E-state index contributed by atoms with van der Waals surface area (Å²) in [6, 6.07) is 16.6. The van der Waals surface area contributed by atoms with Crippen LogP contribution in [0.4, 0.5) is 0 Å². The van der Waals surface area contributed by atoms with E-state index < -0.39 is 21.8 Å². The van der Waals surface area contributed by atoms with Crippen molar-refractivity contribution >= 4 is 10.0 Å². The van der Waals surface area contributed by atoms with Gasteiger partial charge in [0, 0.05) is 12.6 Å². The fourth-order valence-corrected chi connectivity index (χ4v) is 5.11. The van der Waals surface area contributed by atoms with Gasteiger partial charge in [-0.15, -0.1) is 0 Å². The Kier molecular flexibility index (Phi) is 4.05. The Hall–Kier alpha value is -3.03. The fourth-order valence-electron chi connectivity index (χ4n) is 3.47. The molecule has 27 heavy (non-hydrogen) atoms. The Morgan fingerprint density at radius 3 is 2.33 bits per heavy atom. The Morgan fingerprint density at radius 2 is 1.59 bits per heavy atom. The molecule has 1 aliphatic heterocycles. The minimum Gasteiger partial charge on any atom is -0.508 e. The molecule has 1 unspecified atom stereocenters. The number of sulfonamides is 1. The van der Waals surface area contributed by atoms with Gasteiger partial charge in [-0.2, -0.15) is 4.31 Å². The molecule has 0 amide bonds. The van der Waals surface area contributed by atoms with Crippen molar-refractivity contribution in [2.75, 3.05) is 0 Å². The zero-order valence-corrected chi connectivity index (χ0v) is 15.0. The molecule has 0 saturated heterocycles. The highest BCUT2D eigenvalue weighted by Crippen LogP contribution is 2.43. The molecule has 0 aliphatic carbocycles. The van der Waals surface area contributed by atoms with E-state index in [0.717, 1.165) is 17.2 Å². The molecule has 4 rings (SSSR count). The van der Waals surface area contributed by atoms with E-state index in [0.29, 0.717) is 5.56 Å². The smallest absolute Gasteiger partial charge is 0.247 e. The van der Waals surface area contributed by atoms with Gasteiger partial charge in [-0.25, -0.2) is 8.42 Å². The van der Waals surface area contributed by atoms with Gasteiger partial charge < -0.3 is 15.3 Å². The molecular weight excluding hydrogens is 366 g/mol. The van der Waals surface area contributed by atoms with Gasteiger partial charge in [0.25, 0.3) is 0 Å². The molecule has 138 valence electrons. The van der Waals surface area contributed by atoms with Gasteiger partial charge in [-0.1, -0.05) is 36.4 Å². The van der Waals surface area contributed by atoms with E-state index >= 15 is 0 Å². The van der Waals surface area contributed by atoms with Gasteiger partial charge in [-0.3, -0.25) is 0 Å². The number of fused-ring (bicyclic) bond motifs is 1. The van der Waals surface area contributed by atoms with Gasteiger partial charge in [0.2, 0.25) is 10.0 Å². The first-order valence-electron chi connectivity index (χ1n) is 8.28. The van der Waals surface area contributed by atoms with Crippen molar-refractivity contribution < 1.29 is 23.7 Å². The summed E-state index contributed by atoms with van der Waals surface area (Å²) >= 11 is 0.